The van der Waals surface area contributed by atoms with Crippen molar-refractivity contribution in [2.45, 2.75) is 6.61 Å². The molecule has 0 spiro atoms. The maximum absolute atomic E-state index is 8.99. The van der Waals surface area contributed by atoms with Crippen molar-refractivity contribution < 1.29 is 5.11 Å². The minimum Gasteiger partial charge on any atom is -0.392 e. The van der Waals surface area contributed by atoms with Crippen molar-refractivity contribution in [2.24, 2.45) is 0 Å². The van der Waals surface area contributed by atoms with Gasteiger partial charge >= 0.3 is 0 Å². The Kier molecular flexibility index (Phi) is 2.42. The zero-order chi connectivity index (χ0) is 10.1. The molecule has 0 fully saturated rings. The van der Waals surface area contributed by atoms with E-state index < -0.39 is 0 Å². The summed E-state index contributed by atoms with van der Waals surface area (Å²) < 4.78 is 1.60. The van der Waals surface area contributed by atoms with Crippen LogP contribution in [-0.4, -0.2) is 5.11 Å². The van der Waals surface area contributed by atoms with Crippen LogP contribution in [0.4, 0.5) is 0 Å². The Labute approximate surface area is 90.0 Å². The number of benzene rings is 1. The Morgan fingerprint density at radius 3 is 2.86 bits per heavy atom. The molecule has 1 aromatic heterocycles. The van der Waals surface area contributed by atoms with E-state index in [1.54, 1.807) is 12.1 Å². The molecule has 14 heavy (non-hydrogen) atoms. The molecule has 2 nitrogen and oxygen atoms in total. The van der Waals surface area contributed by atoms with E-state index in [0.717, 1.165) is 15.6 Å². The van der Waals surface area contributed by atoms with Crippen LogP contribution >= 0.6 is 22.9 Å². The van der Waals surface area contributed by atoms with Crippen LogP contribution in [0.5, 0.6) is 0 Å². The molecule has 1 aromatic carbocycles. The number of aliphatic hydroxyl groups is 1. The number of thiophene rings is 1. The zero-order valence-corrected chi connectivity index (χ0v) is 8.69. The van der Waals surface area contributed by atoms with E-state index in [1.807, 2.05) is 6.07 Å². The molecule has 1 N–H and O–H groups in total. The van der Waals surface area contributed by atoms with Crippen LogP contribution < -0.4 is 0 Å². The number of nitrogens with zero attached hydrogens (tertiary/aromatic N) is 1. The summed E-state index contributed by atoms with van der Waals surface area (Å²) in [5.41, 5.74) is 1.31. The molecule has 0 amide bonds. The quantitative estimate of drug-likeness (QED) is 0.808. The summed E-state index contributed by atoms with van der Waals surface area (Å²) >= 11 is 7.27. The highest BCUT2D eigenvalue weighted by Gasteiger charge is 2.06. The van der Waals surface area contributed by atoms with E-state index in [0.29, 0.717) is 9.90 Å². The summed E-state index contributed by atoms with van der Waals surface area (Å²) in [5.74, 6) is 0. The van der Waals surface area contributed by atoms with Crippen molar-refractivity contribution in [3.05, 3.63) is 33.7 Å². The Balaban J connectivity index is 2.80. The van der Waals surface area contributed by atoms with Crippen LogP contribution in [0.15, 0.2) is 18.2 Å². The molecule has 70 valence electrons. The summed E-state index contributed by atoms with van der Waals surface area (Å²) in [7, 11) is 0. The summed E-state index contributed by atoms with van der Waals surface area (Å²) in [6.45, 7) is -0.0554. The smallest absolute Gasteiger partial charge is 0.0998 e. The lowest BCUT2D eigenvalue weighted by molar-refractivity contribution is 0.282. The first-order chi connectivity index (χ1) is 6.74. The van der Waals surface area contributed by atoms with Crippen LogP contribution in [0.1, 0.15) is 11.1 Å². The number of halogens is 1. The van der Waals surface area contributed by atoms with E-state index in [-0.39, 0.29) is 6.61 Å². The Hall–Kier alpha value is -1.08. The second kappa shape index (κ2) is 3.58. The number of rotatable bonds is 1. The average Bonchev–Trinajstić information content (AvgIpc) is 2.56. The normalized spacial score (nSPS) is 10.4. The highest BCUT2D eigenvalue weighted by atomic mass is 35.5. The second-order valence-corrected chi connectivity index (χ2v) is 4.59. The molecule has 0 aliphatic heterocycles. The van der Waals surface area contributed by atoms with Crippen molar-refractivity contribution >= 4 is 33.0 Å². The van der Waals surface area contributed by atoms with Gasteiger partial charge in [0.05, 0.1) is 22.6 Å². The molecule has 0 aliphatic rings. The van der Waals surface area contributed by atoms with Gasteiger partial charge in [-0.25, -0.2) is 0 Å². The maximum atomic E-state index is 8.99. The minimum absolute atomic E-state index is 0.0554. The number of nitriles is 1. The third kappa shape index (κ3) is 1.48. The molecule has 0 saturated carbocycles. The predicted molar refractivity (Wildman–Crippen MR) is 57.5 cm³/mol. The molecule has 0 radical (unpaired) electrons. The standard InChI is InChI=1S/C10H6ClNOS/c11-10-3-8-7(4-12)1-6(5-13)2-9(8)14-10/h1-3,13H,5H2. The topological polar surface area (TPSA) is 44.0 Å². The first-order valence-electron chi connectivity index (χ1n) is 3.97. The van der Waals surface area contributed by atoms with Gasteiger partial charge in [-0.3, -0.25) is 0 Å². The summed E-state index contributed by atoms with van der Waals surface area (Å²) in [6.07, 6.45) is 0. The van der Waals surface area contributed by atoms with Gasteiger partial charge in [0.25, 0.3) is 0 Å². The van der Waals surface area contributed by atoms with Crippen LogP contribution in [-0.2, 0) is 6.61 Å². The molecular formula is C10H6ClNOS. The largest absolute Gasteiger partial charge is 0.392 e. The highest BCUT2D eigenvalue weighted by molar-refractivity contribution is 7.22. The van der Waals surface area contributed by atoms with Gasteiger partial charge in [0.2, 0.25) is 0 Å². The lowest BCUT2D eigenvalue weighted by atomic mass is 10.1. The molecule has 0 unspecified atom stereocenters. The van der Waals surface area contributed by atoms with Gasteiger partial charge in [0, 0.05) is 10.1 Å². The average molecular weight is 224 g/mol. The van der Waals surface area contributed by atoms with Crippen LogP contribution in [0.3, 0.4) is 0 Å². The minimum atomic E-state index is -0.0554. The fraction of sp³-hybridized carbons (Fsp3) is 0.100. The van der Waals surface area contributed by atoms with E-state index in [4.69, 9.17) is 22.0 Å². The van der Waals surface area contributed by atoms with Crippen molar-refractivity contribution in [1.82, 2.24) is 0 Å². The number of aliphatic hydroxyl groups excluding tert-OH is 1. The second-order valence-electron chi connectivity index (χ2n) is 2.88. The van der Waals surface area contributed by atoms with E-state index in [1.165, 1.54) is 11.3 Å². The third-order valence-corrected chi connectivity index (χ3v) is 3.18. The van der Waals surface area contributed by atoms with E-state index >= 15 is 0 Å². The molecule has 0 bridgehead atoms. The predicted octanol–water partition coefficient (Wildman–Crippen LogP) is 2.92. The molecule has 2 aromatic rings. The summed E-state index contributed by atoms with van der Waals surface area (Å²) in [5, 5.41) is 18.7. The van der Waals surface area contributed by atoms with E-state index in [2.05, 4.69) is 6.07 Å². The van der Waals surface area contributed by atoms with Crippen LogP contribution in [0, 0.1) is 11.3 Å². The van der Waals surface area contributed by atoms with Gasteiger partial charge in [-0.05, 0) is 23.8 Å². The monoisotopic (exact) mass is 223 g/mol. The van der Waals surface area contributed by atoms with Gasteiger partial charge in [-0.2, -0.15) is 5.26 Å². The van der Waals surface area contributed by atoms with Crippen molar-refractivity contribution in [1.29, 1.82) is 5.26 Å². The van der Waals surface area contributed by atoms with Gasteiger partial charge in [-0.15, -0.1) is 11.3 Å². The summed E-state index contributed by atoms with van der Waals surface area (Å²) in [6, 6.07) is 7.41. The molecular weight excluding hydrogens is 218 g/mol. The lowest BCUT2D eigenvalue weighted by Crippen LogP contribution is -1.84. The number of hydrogen-bond acceptors (Lipinski definition) is 3. The molecule has 0 atom stereocenters. The van der Waals surface area contributed by atoms with Crippen LogP contribution in [0.25, 0.3) is 10.1 Å². The van der Waals surface area contributed by atoms with Crippen molar-refractivity contribution in [3.63, 3.8) is 0 Å². The van der Waals surface area contributed by atoms with Gasteiger partial charge in [0.1, 0.15) is 0 Å². The highest BCUT2D eigenvalue weighted by Crippen LogP contribution is 2.32. The number of fused-ring (bicyclic) bond motifs is 1. The van der Waals surface area contributed by atoms with Gasteiger partial charge < -0.3 is 5.11 Å². The fourth-order valence-electron chi connectivity index (χ4n) is 1.35. The Bertz CT molecular complexity index is 527. The Morgan fingerprint density at radius 2 is 2.21 bits per heavy atom. The number of hydrogen-bond donors (Lipinski definition) is 1. The van der Waals surface area contributed by atoms with E-state index in [9.17, 15) is 0 Å². The fourth-order valence-corrected chi connectivity index (χ4v) is 2.58. The molecule has 1 heterocycles. The Morgan fingerprint density at radius 1 is 1.43 bits per heavy atom. The zero-order valence-electron chi connectivity index (χ0n) is 7.12. The first kappa shape index (κ1) is 9.47. The van der Waals surface area contributed by atoms with Gasteiger partial charge in [-0.1, -0.05) is 11.6 Å². The third-order valence-electron chi connectivity index (χ3n) is 1.97. The van der Waals surface area contributed by atoms with Crippen molar-refractivity contribution in [2.75, 3.05) is 0 Å². The van der Waals surface area contributed by atoms with Crippen molar-refractivity contribution in [3.8, 4) is 6.07 Å². The first-order valence-corrected chi connectivity index (χ1v) is 5.17. The molecule has 2 rings (SSSR count). The molecule has 4 heteroatoms. The summed E-state index contributed by atoms with van der Waals surface area (Å²) in [4.78, 5) is 0. The SMILES string of the molecule is N#Cc1cc(CO)cc2sc(Cl)cc12. The lowest BCUT2D eigenvalue weighted by Gasteiger charge is -1.97. The maximum Gasteiger partial charge on any atom is 0.0998 e. The molecule has 0 saturated heterocycles. The molecule has 0 aliphatic carbocycles. The van der Waals surface area contributed by atoms with Gasteiger partial charge in [0.15, 0.2) is 0 Å². The van der Waals surface area contributed by atoms with Crippen LogP contribution in [0.2, 0.25) is 4.34 Å².